The normalized spacial score (nSPS) is 25.0. The van der Waals surface area contributed by atoms with E-state index < -0.39 is 5.97 Å². The van der Waals surface area contributed by atoms with Crippen molar-refractivity contribution in [2.75, 3.05) is 0 Å². The van der Waals surface area contributed by atoms with Crippen molar-refractivity contribution in [3.63, 3.8) is 0 Å². The molecule has 2 aliphatic carbocycles. The number of rotatable bonds is 4. The Kier molecular flexibility index (Phi) is 4.81. The molecule has 3 heteroatoms. The van der Waals surface area contributed by atoms with Crippen LogP contribution in [0.5, 0.6) is 0 Å². The summed E-state index contributed by atoms with van der Waals surface area (Å²) >= 11 is 0. The number of hydrogen-bond donors (Lipinski definition) is 2. The Morgan fingerprint density at radius 1 is 1.14 bits per heavy atom. The van der Waals surface area contributed by atoms with Crippen molar-refractivity contribution >= 4 is 5.97 Å². The summed E-state index contributed by atoms with van der Waals surface area (Å²) in [4.78, 5) is 11.1. The topological polar surface area (TPSA) is 49.3 Å². The van der Waals surface area contributed by atoms with Crippen molar-refractivity contribution in [2.24, 2.45) is 0 Å². The van der Waals surface area contributed by atoms with E-state index >= 15 is 0 Å². The Hall–Kier alpha value is -1.77. The molecule has 0 heterocycles. The van der Waals surface area contributed by atoms with Crippen molar-refractivity contribution < 1.29 is 9.90 Å². The van der Waals surface area contributed by atoms with Gasteiger partial charge in [0.05, 0.1) is 5.56 Å². The van der Waals surface area contributed by atoms with Crippen LogP contribution in [0.3, 0.4) is 0 Å². The highest BCUT2D eigenvalue weighted by Crippen LogP contribution is 2.33. The maximum Gasteiger partial charge on any atom is 0.335 e. The summed E-state index contributed by atoms with van der Waals surface area (Å²) in [7, 11) is 0. The maximum atomic E-state index is 11.1. The van der Waals surface area contributed by atoms with E-state index in [0.29, 0.717) is 17.5 Å². The third-order valence-corrected chi connectivity index (χ3v) is 5.10. The van der Waals surface area contributed by atoms with Crippen LogP contribution in [-0.4, -0.2) is 17.1 Å². The van der Waals surface area contributed by atoms with Crippen LogP contribution in [0.1, 0.15) is 73.2 Å². The molecule has 2 aliphatic rings. The highest BCUT2D eigenvalue weighted by molar-refractivity contribution is 5.87. The summed E-state index contributed by atoms with van der Waals surface area (Å²) in [6, 6.07) is 8.06. The van der Waals surface area contributed by atoms with Crippen LogP contribution in [0.4, 0.5) is 0 Å². The molecule has 0 unspecified atom stereocenters. The first kappa shape index (κ1) is 15.1. The Morgan fingerprint density at radius 3 is 2.55 bits per heavy atom. The Morgan fingerprint density at radius 2 is 1.86 bits per heavy atom. The van der Waals surface area contributed by atoms with Gasteiger partial charge in [0.1, 0.15) is 0 Å². The van der Waals surface area contributed by atoms with Gasteiger partial charge in [0.25, 0.3) is 0 Å². The van der Waals surface area contributed by atoms with Crippen molar-refractivity contribution in [1.29, 1.82) is 0 Å². The standard InChI is InChI=1S/C19H25NO2/c21-19(22)17-7-3-6-16(12-17)15-8-10-18(11-9-15)20-13-14-4-1-2-5-14/h3,6-7,12-13,15,18,20H,1-2,4-5,8-11H2,(H,21,22). The van der Waals surface area contributed by atoms with Crippen LogP contribution in [0.2, 0.25) is 0 Å². The van der Waals surface area contributed by atoms with Gasteiger partial charge in [-0.25, -0.2) is 4.79 Å². The summed E-state index contributed by atoms with van der Waals surface area (Å²) in [5.41, 5.74) is 3.17. The van der Waals surface area contributed by atoms with Gasteiger partial charge in [-0.2, -0.15) is 0 Å². The fraction of sp³-hybridized carbons (Fsp3) is 0.526. The molecule has 0 amide bonds. The highest BCUT2D eigenvalue weighted by atomic mass is 16.4. The molecular formula is C19H25NO2. The van der Waals surface area contributed by atoms with E-state index in [1.54, 1.807) is 11.6 Å². The fourth-order valence-electron chi connectivity index (χ4n) is 3.73. The molecule has 0 aromatic heterocycles. The molecule has 0 aliphatic heterocycles. The van der Waals surface area contributed by atoms with Gasteiger partial charge in [0.15, 0.2) is 0 Å². The summed E-state index contributed by atoms with van der Waals surface area (Å²) < 4.78 is 0. The maximum absolute atomic E-state index is 11.1. The first-order valence-electron chi connectivity index (χ1n) is 8.49. The molecule has 2 N–H and O–H groups in total. The van der Waals surface area contributed by atoms with Gasteiger partial charge in [-0.05, 0) is 81.2 Å². The molecular weight excluding hydrogens is 274 g/mol. The molecule has 0 atom stereocenters. The minimum absolute atomic E-state index is 0.406. The molecule has 22 heavy (non-hydrogen) atoms. The lowest BCUT2D eigenvalue weighted by Gasteiger charge is -2.29. The zero-order valence-corrected chi connectivity index (χ0v) is 13.1. The number of carboxylic acid groups (broad SMARTS) is 1. The van der Waals surface area contributed by atoms with Gasteiger partial charge in [-0.3, -0.25) is 0 Å². The van der Waals surface area contributed by atoms with E-state index in [0.717, 1.165) is 12.8 Å². The van der Waals surface area contributed by atoms with Crippen LogP contribution in [0.15, 0.2) is 36.0 Å². The summed E-state index contributed by atoms with van der Waals surface area (Å²) in [5.74, 6) is -0.322. The van der Waals surface area contributed by atoms with E-state index in [4.69, 9.17) is 5.11 Å². The van der Waals surface area contributed by atoms with Crippen LogP contribution < -0.4 is 5.32 Å². The minimum Gasteiger partial charge on any atom is -0.478 e. The molecule has 0 radical (unpaired) electrons. The SMILES string of the molecule is O=C(O)c1cccc(C2CCC(NC=C3CCCC3)CC2)c1. The van der Waals surface area contributed by atoms with Crippen molar-refractivity contribution in [3.05, 3.63) is 47.2 Å². The highest BCUT2D eigenvalue weighted by Gasteiger charge is 2.22. The van der Waals surface area contributed by atoms with Crippen LogP contribution >= 0.6 is 0 Å². The van der Waals surface area contributed by atoms with E-state index in [-0.39, 0.29) is 0 Å². The molecule has 0 saturated heterocycles. The number of carbonyl (C=O) groups is 1. The third-order valence-electron chi connectivity index (χ3n) is 5.10. The zero-order valence-electron chi connectivity index (χ0n) is 13.1. The minimum atomic E-state index is -0.833. The second-order valence-electron chi connectivity index (χ2n) is 6.66. The predicted octanol–water partition coefficient (Wildman–Crippen LogP) is 4.46. The van der Waals surface area contributed by atoms with Crippen molar-refractivity contribution in [2.45, 2.75) is 63.3 Å². The van der Waals surface area contributed by atoms with E-state index in [2.05, 4.69) is 17.6 Å². The first-order valence-corrected chi connectivity index (χ1v) is 8.49. The predicted molar refractivity (Wildman–Crippen MR) is 88.1 cm³/mol. The molecule has 1 aromatic rings. The zero-order chi connectivity index (χ0) is 15.4. The van der Waals surface area contributed by atoms with Gasteiger partial charge in [-0.15, -0.1) is 0 Å². The van der Waals surface area contributed by atoms with Gasteiger partial charge < -0.3 is 10.4 Å². The van der Waals surface area contributed by atoms with Gasteiger partial charge in [-0.1, -0.05) is 17.7 Å². The lowest BCUT2D eigenvalue weighted by Crippen LogP contribution is -2.29. The van der Waals surface area contributed by atoms with E-state index in [1.165, 1.54) is 44.1 Å². The Labute approximate surface area is 132 Å². The third kappa shape index (κ3) is 3.70. The van der Waals surface area contributed by atoms with Crippen molar-refractivity contribution in [1.82, 2.24) is 5.32 Å². The van der Waals surface area contributed by atoms with Crippen molar-refractivity contribution in [3.8, 4) is 0 Å². The first-order chi connectivity index (χ1) is 10.7. The number of allylic oxidation sites excluding steroid dienone is 1. The second kappa shape index (κ2) is 6.99. The molecule has 2 fully saturated rings. The van der Waals surface area contributed by atoms with Gasteiger partial charge in [0, 0.05) is 6.04 Å². The summed E-state index contributed by atoms with van der Waals surface area (Å²) in [5, 5.41) is 12.7. The Balaban J connectivity index is 1.54. The fourth-order valence-corrected chi connectivity index (χ4v) is 3.73. The molecule has 3 nitrogen and oxygen atoms in total. The number of aromatic carboxylic acids is 1. The molecule has 118 valence electrons. The molecule has 2 saturated carbocycles. The van der Waals surface area contributed by atoms with Crippen LogP contribution in [-0.2, 0) is 0 Å². The molecule has 0 spiro atoms. The number of benzene rings is 1. The Bertz CT molecular complexity index is 548. The second-order valence-corrected chi connectivity index (χ2v) is 6.66. The monoisotopic (exact) mass is 299 g/mol. The smallest absolute Gasteiger partial charge is 0.335 e. The number of nitrogens with one attached hydrogen (secondary N) is 1. The van der Waals surface area contributed by atoms with Crippen LogP contribution in [0, 0.1) is 0 Å². The quantitative estimate of drug-likeness (QED) is 0.863. The largest absolute Gasteiger partial charge is 0.478 e. The van der Waals surface area contributed by atoms with Gasteiger partial charge >= 0.3 is 5.97 Å². The van der Waals surface area contributed by atoms with E-state index in [9.17, 15) is 4.79 Å². The summed E-state index contributed by atoms with van der Waals surface area (Å²) in [6.07, 6.45) is 12.1. The van der Waals surface area contributed by atoms with E-state index in [1.807, 2.05) is 12.1 Å². The summed E-state index contributed by atoms with van der Waals surface area (Å²) in [6.45, 7) is 0. The molecule has 3 rings (SSSR count). The average molecular weight is 299 g/mol. The lowest BCUT2D eigenvalue weighted by atomic mass is 9.81. The molecule has 1 aromatic carbocycles. The van der Waals surface area contributed by atoms with Crippen LogP contribution in [0.25, 0.3) is 0 Å². The van der Waals surface area contributed by atoms with Gasteiger partial charge in [0.2, 0.25) is 0 Å². The average Bonchev–Trinajstić information content (AvgIpc) is 3.07. The number of carboxylic acids is 1. The number of hydrogen-bond acceptors (Lipinski definition) is 2. The molecule has 0 bridgehead atoms. The lowest BCUT2D eigenvalue weighted by molar-refractivity contribution is 0.0696.